The van der Waals surface area contributed by atoms with Gasteiger partial charge in [-0.05, 0) is 48.4 Å². The molecule has 4 atom stereocenters. The van der Waals surface area contributed by atoms with Gasteiger partial charge in [-0.1, -0.05) is 18.9 Å². The van der Waals surface area contributed by atoms with Crippen molar-refractivity contribution in [3.63, 3.8) is 0 Å². The molecule has 0 saturated heterocycles. The number of nitrogens with one attached hydrogen (secondary N) is 2. The van der Waals surface area contributed by atoms with Crippen molar-refractivity contribution < 1.29 is 14.3 Å². The first-order valence-electron chi connectivity index (χ1n) is 9.25. The van der Waals surface area contributed by atoms with Crippen LogP contribution in [0.2, 0.25) is 0 Å². The Morgan fingerprint density at radius 3 is 2.58 bits per heavy atom. The van der Waals surface area contributed by atoms with Crippen LogP contribution < -0.4 is 14.8 Å². The molecule has 4 rings (SSSR count). The van der Waals surface area contributed by atoms with Crippen LogP contribution in [0.3, 0.4) is 0 Å². The van der Waals surface area contributed by atoms with Crippen LogP contribution in [0.15, 0.2) is 30.5 Å². The van der Waals surface area contributed by atoms with Crippen molar-refractivity contribution in [2.24, 2.45) is 11.8 Å². The number of ether oxygens (including phenoxy) is 2. The summed E-state index contributed by atoms with van der Waals surface area (Å²) < 4.78 is 10.8. The molecule has 1 aromatic carbocycles. The van der Waals surface area contributed by atoms with Gasteiger partial charge < -0.3 is 14.8 Å². The van der Waals surface area contributed by atoms with Crippen molar-refractivity contribution in [2.45, 2.75) is 37.6 Å². The summed E-state index contributed by atoms with van der Waals surface area (Å²) in [7, 11) is 3.30. The number of fused-ring (bicyclic) bond motifs is 1. The van der Waals surface area contributed by atoms with Crippen LogP contribution in [0.5, 0.6) is 11.5 Å². The molecule has 26 heavy (non-hydrogen) atoms. The van der Waals surface area contributed by atoms with Crippen LogP contribution in [0.25, 0.3) is 0 Å². The number of rotatable bonds is 5. The van der Waals surface area contributed by atoms with E-state index in [1.165, 1.54) is 31.2 Å². The summed E-state index contributed by atoms with van der Waals surface area (Å²) in [6.07, 6.45) is 6.52. The van der Waals surface area contributed by atoms with Crippen LogP contribution in [-0.2, 0) is 0 Å². The number of nitrogens with zero attached hydrogens (tertiary/aromatic N) is 1. The largest absolute Gasteiger partial charge is 0.493 e. The minimum absolute atomic E-state index is 0.0815. The number of hydrogen-bond acceptors (Lipinski definition) is 4. The molecule has 0 spiro atoms. The van der Waals surface area contributed by atoms with Crippen LogP contribution in [0.4, 0.5) is 0 Å². The van der Waals surface area contributed by atoms with Crippen molar-refractivity contribution in [1.82, 2.24) is 15.5 Å². The van der Waals surface area contributed by atoms with Gasteiger partial charge in [-0.3, -0.25) is 9.89 Å². The molecule has 2 aliphatic carbocycles. The van der Waals surface area contributed by atoms with E-state index in [4.69, 9.17) is 9.47 Å². The molecule has 0 bridgehead atoms. The van der Waals surface area contributed by atoms with Gasteiger partial charge in [0.25, 0.3) is 5.91 Å². The van der Waals surface area contributed by atoms with Crippen LogP contribution in [0.1, 0.15) is 47.7 Å². The van der Waals surface area contributed by atoms with Gasteiger partial charge in [0.2, 0.25) is 0 Å². The lowest BCUT2D eigenvalue weighted by atomic mass is 9.53. The number of aromatic nitrogens is 2. The maximum absolute atomic E-state index is 12.6. The fraction of sp³-hybridized carbons (Fsp3) is 0.500. The van der Waals surface area contributed by atoms with Crippen molar-refractivity contribution in [3.05, 3.63) is 41.7 Å². The molecule has 0 aliphatic heterocycles. The third-order valence-electron chi connectivity index (χ3n) is 6.02. The molecule has 2 N–H and O–H groups in total. The van der Waals surface area contributed by atoms with Crippen molar-refractivity contribution in [1.29, 1.82) is 0 Å². The summed E-state index contributed by atoms with van der Waals surface area (Å²) in [6.45, 7) is 0. The first-order chi connectivity index (χ1) is 12.7. The van der Waals surface area contributed by atoms with E-state index in [0.717, 1.165) is 11.5 Å². The lowest BCUT2D eigenvalue weighted by molar-refractivity contribution is 0.0249. The van der Waals surface area contributed by atoms with Gasteiger partial charge in [-0.15, -0.1) is 0 Å². The fourth-order valence-electron chi connectivity index (χ4n) is 4.79. The summed E-state index contributed by atoms with van der Waals surface area (Å²) in [6, 6.07) is 7.97. The number of aromatic amines is 1. The van der Waals surface area contributed by atoms with Crippen molar-refractivity contribution >= 4 is 5.91 Å². The highest BCUT2D eigenvalue weighted by Gasteiger charge is 2.52. The first kappa shape index (κ1) is 16.9. The molecule has 1 amide bonds. The second-order valence-corrected chi connectivity index (χ2v) is 7.22. The van der Waals surface area contributed by atoms with E-state index in [1.54, 1.807) is 26.5 Å². The predicted octanol–water partition coefficient (Wildman–Crippen LogP) is 3.13. The zero-order valence-corrected chi connectivity index (χ0v) is 15.2. The van der Waals surface area contributed by atoms with E-state index < -0.39 is 0 Å². The van der Waals surface area contributed by atoms with E-state index in [9.17, 15) is 4.79 Å². The van der Waals surface area contributed by atoms with Crippen LogP contribution >= 0.6 is 0 Å². The summed E-state index contributed by atoms with van der Waals surface area (Å²) in [5.41, 5.74) is 1.72. The Hall–Kier alpha value is -2.50. The smallest absolute Gasteiger partial charge is 0.269 e. The Labute approximate surface area is 153 Å². The zero-order chi connectivity index (χ0) is 18.1. The normalized spacial score (nSPS) is 27.2. The van der Waals surface area contributed by atoms with Gasteiger partial charge in [0.15, 0.2) is 11.5 Å². The summed E-state index contributed by atoms with van der Waals surface area (Å²) in [5, 5.41) is 9.88. The average Bonchev–Trinajstić information content (AvgIpc) is 3.21. The van der Waals surface area contributed by atoms with Crippen LogP contribution in [-0.4, -0.2) is 36.4 Å². The molecule has 2 saturated carbocycles. The van der Waals surface area contributed by atoms with E-state index in [2.05, 4.69) is 27.6 Å². The highest BCUT2D eigenvalue weighted by atomic mass is 16.5. The van der Waals surface area contributed by atoms with Gasteiger partial charge in [0.05, 0.1) is 14.2 Å². The molecule has 6 heteroatoms. The second-order valence-electron chi connectivity index (χ2n) is 7.22. The molecule has 1 aromatic heterocycles. The molecular formula is C20H25N3O3. The highest BCUT2D eigenvalue weighted by molar-refractivity contribution is 5.92. The molecule has 2 unspecified atom stereocenters. The van der Waals surface area contributed by atoms with E-state index in [0.29, 0.717) is 23.4 Å². The number of carbonyl (C=O) groups excluding carboxylic acids is 1. The monoisotopic (exact) mass is 355 g/mol. The van der Waals surface area contributed by atoms with Crippen molar-refractivity contribution in [2.75, 3.05) is 14.2 Å². The quantitative estimate of drug-likeness (QED) is 0.864. The number of amides is 1. The summed E-state index contributed by atoms with van der Waals surface area (Å²) >= 11 is 0. The Morgan fingerprint density at radius 1 is 1.12 bits per heavy atom. The van der Waals surface area contributed by atoms with Gasteiger partial charge in [-0.25, -0.2) is 0 Å². The number of H-pyrrole nitrogens is 1. The highest BCUT2D eigenvalue weighted by Crippen LogP contribution is 2.55. The standard InChI is InChI=1S/C20H25N3O3/c1-25-16-8-7-12(11-17(16)26-2)18-13-5-3-4-6-14(13)19(18)22-20(24)15-9-10-21-23-15/h7-11,13-14,18-19H,3-6H2,1-2H3,(H,21,23)(H,22,24)/t13?,14?,18-,19-/m0/s1. The minimum Gasteiger partial charge on any atom is -0.493 e. The Kier molecular flexibility index (Phi) is 4.57. The van der Waals surface area contributed by atoms with Crippen LogP contribution in [0, 0.1) is 11.8 Å². The molecule has 2 fully saturated rings. The molecule has 2 aromatic rings. The average molecular weight is 355 g/mol. The molecule has 1 heterocycles. The second kappa shape index (κ2) is 7.02. The Bertz CT molecular complexity index is 775. The number of hydrogen-bond donors (Lipinski definition) is 2. The maximum atomic E-state index is 12.6. The zero-order valence-electron chi connectivity index (χ0n) is 15.2. The lowest BCUT2D eigenvalue weighted by Gasteiger charge is -2.55. The molecule has 6 nitrogen and oxygen atoms in total. The maximum Gasteiger partial charge on any atom is 0.269 e. The van der Waals surface area contributed by atoms with Gasteiger partial charge >= 0.3 is 0 Å². The van der Waals surface area contributed by atoms with E-state index in [1.807, 2.05) is 6.07 Å². The number of carbonyl (C=O) groups is 1. The summed E-state index contributed by atoms with van der Waals surface area (Å²) in [5.74, 6) is 2.87. The Morgan fingerprint density at radius 2 is 1.88 bits per heavy atom. The third-order valence-corrected chi connectivity index (χ3v) is 6.02. The SMILES string of the molecule is COc1ccc([C@H]2C3CCCCC3[C@@H]2NC(=O)c2ccn[nH]2)cc1OC. The minimum atomic E-state index is -0.0815. The fourth-order valence-corrected chi connectivity index (χ4v) is 4.79. The van der Waals surface area contributed by atoms with Gasteiger partial charge in [0.1, 0.15) is 5.69 Å². The first-order valence-corrected chi connectivity index (χ1v) is 9.25. The van der Waals surface area contributed by atoms with E-state index in [-0.39, 0.29) is 11.9 Å². The lowest BCUT2D eigenvalue weighted by Crippen LogP contribution is -2.59. The molecule has 2 aliphatic rings. The van der Waals surface area contributed by atoms with Gasteiger partial charge in [0, 0.05) is 18.2 Å². The van der Waals surface area contributed by atoms with Crippen molar-refractivity contribution in [3.8, 4) is 11.5 Å². The molecule has 138 valence electrons. The topological polar surface area (TPSA) is 76.2 Å². The Balaban J connectivity index is 1.60. The third kappa shape index (κ3) is 2.83. The number of benzene rings is 1. The predicted molar refractivity (Wildman–Crippen MR) is 97.6 cm³/mol. The molecule has 0 radical (unpaired) electrons. The summed E-state index contributed by atoms with van der Waals surface area (Å²) in [4.78, 5) is 12.6. The molecular weight excluding hydrogens is 330 g/mol. The van der Waals surface area contributed by atoms with E-state index >= 15 is 0 Å². The number of methoxy groups -OCH3 is 2. The van der Waals surface area contributed by atoms with Gasteiger partial charge in [-0.2, -0.15) is 5.10 Å².